The molecule has 4 heteroatoms. The Morgan fingerprint density at radius 1 is 1.47 bits per heavy atom. The largest absolute Gasteiger partial charge is 0.484 e. The van der Waals surface area contributed by atoms with Crippen molar-refractivity contribution in [2.45, 2.75) is 32.2 Å². The highest BCUT2D eigenvalue weighted by atomic mass is 16.5. The number of hydrogen-bond donors (Lipinski definition) is 1. The zero-order chi connectivity index (χ0) is 13.7. The van der Waals surface area contributed by atoms with E-state index < -0.39 is 0 Å². The van der Waals surface area contributed by atoms with E-state index in [9.17, 15) is 9.90 Å². The standard InChI is InChI=1S/C15H21NO3/c1-12-5-4-7-14(9-12)19-11-15(18)16-8-3-2-6-13(16)10-17/h4-5,7,9,13,17H,2-3,6,8,10-11H2,1H3. The van der Waals surface area contributed by atoms with Crippen molar-refractivity contribution in [2.75, 3.05) is 19.8 Å². The molecule has 1 saturated heterocycles. The molecule has 1 aromatic carbocycles. The van der Waals surface area contributed by atoms with E-state index in [2.05, 4.69) is 0 Å². The first-order valence-electron chi connectivity index (χ1n) is 6.80. The zero-order valence-corrected chi connectivity index (χ0v) is 11.3. The average Bonchev–Trinajstić information content (AvgIpc) is 2.45. The molecule has 0 aliphatic carbocycles. The Hall–Kier alpha value is -1.55. The molecule has 0 bridgehead atoms. The third kappa shape index (κ3) is 3.70. The van der Waals surface area contributed by atoms with Crippen LogP contribution in [-0.4, -0.2) is 41.7 Å². The van der Waals surface area contributed by atoms with E-state index in [4.69, 9.17) is 4.74 Å². The fourth-order valence-electron chi connectivity index (χ4n) is 2.45. The van der Waals surface area contributed by atoms with Crippen molar-refractivity contribution < 1.29 is 14.6 Å². The van der Waals surface area contributed by atoms with Gasteiger partial charge in [0.05, 0.1) is 12.6 Å². The van der Waals surface area contributed by atoms with Gasteiger partial charge in [-0.2, -0.15) is 0 Å². The average molecular weight is 263 g/mol. The summed E-state index contributed by atoms with van der Waals surface area (Å²) in [7, 11) is 0. The fourth-order valence-corrected chi connectivity index (χ4v) is 2.45. The molecule has 1 aliphatic rings. The van der Waals surface area contributed by atoms with Gasteiger partial charge in [-0.05, 0) is 43.9 Å². The van der Waals surface area contributed by atoms with E-state index in [0.717, 1.165) is 31.4 Å². The highest BCUT2D eigenvalue weighted by Gasteiger charge is 2.26. The van der Waals surface area contributed by atoms with Crippen molar-refractivity contribution in [3.8, 4) is 5.75 Å². The summed E-state index contributed by atoms with van der Waals surface area (Å²) >= 11 is 0. The highest BCUT2D eigenvalue weighted by Crippen LogP contribution is 2.17. The fraction of sp³-hybridized carbons (Fsp3) is 0.533. The normalized spacial score (nSPS) is 19.3. The lowest BCUT2D eigenvalue weighted by Gasteiger charge is -2.34. The minimum absolute atomic E-state index is 0.0379. The van der Waals surface area contributed by atoms with Gasteiger partial charge >= 0.3 is 0 Å². The Balaban J connectivity index is 1.89. The molecule has 19 heavy (non-hydrogen) atoms. The second-order valence-electron chi connectivity index (χ2n) is 5.02. The molecule has 1 unspecified atom stereocenters. The summed E-state index contributed by atoms with van der Waals surface area (Å²) in [5, 5.41) is 9.30. The molecule has 2 rings (SSSR count). The van der Waals surface area contributed by atoms with E-state index >= 15 is 0 Å². The second kappa shape index (κ2) is 6.57. The van der Waals surface area contributed by atoms with Crippen LogP contribution in [0.2, 0.25) is 0 Å². The summed E-state index contributed by atoms with van der Waals surface area (Å²) < 4.78 is 5.52. The Morgan fingerprint density at radius 2 is 2.32 bits per heavy atom. The molecule has 104 valence electrons. The summed E-state index contributed by atoms with van der Waals surface area (Å²) in [5.74, 6) is 0.672. The van der Waals surface area contributed by atoms with Gasteiger partial charge in [0, 0.05) is 6.54 Å². The Labute approximate surface area is 114 Å². The van der Waals surface area contributed by atoms with Crippen LogP contribution in [0.25, 0.3) is 0 Å². The Kier molecular flexibility index (Phi) is 4.80. The topological polar surface area (TPSA) is 49.8 Å². The number of piperidine rings is 1. The van der Waals surface area contributed by atoms with Gasteiger partial charge < -0.3 is 14.7 Å². The van der Waals surface area contributed by atoms with Gasteiger partial charge in [0.2, 0.25) is 0 Å². The summed E-state index contributed by atoms with van der Waals surface area (Å²) in [6, 6.07) is 7.61. The number of hydrogen-bond acceptors (Lipinski definition) is 3. The minimum Gasteiger partial charge on any atom is -0.484 e. The molecule has 0 saturated carbocycles. The molecule has 0 aromatic heterocycles. The summed E-state index contributed by atoms with van der Waals surface area (Å²) in [6.07, 6.45) is 2.97. The number of amides is 1. The van der Waals surface area contributed by atoms with Crippen molar-refractivity contribution >= 4 is 5.91 Å². The number of aliphatic hydroxyl groups excluding tert-OH is 1. The van der Waals surface area contributed by atoms with E-state index in [-0.39, 0.29) is 25.2 Å². The molecule has 0 spiro atoms. The lowest BCUT2D eigenvalue weighted by Crippen LogP contribution is -2.47. The predicted octanol–water partition coefficient (Wildman–Crippen LogP) is 1.75. The number of likely N-dealkylation sites (tertiary alicyclic amines) is 1. The van der Waals surface area contributed by atoms with Gasteiger partial charge in [0.1, 0.15) is 5.75 Å². The molecular formula is C15H21NO3. The Bertz CT molecular complexity index is 433. The van der Waals surface area contributed by atoms with Crippen LogP contribution in [0, 0.1) is 6.92 Å². The first-order chi connectivity index (χ1) is 9.20. The number of aryl methyl sites for hydroxylation is 1. The third-order valence-corrected chi connectivity index (χ3v) is 3.51. The number of nitrogens with zero attached hydrogens (tertiary/aromatic N) is 1. The van der Waals surface area contributed by atoms with Gasteiger partial charge in [0.25, 0.3) is 5.91 Å². The predicted molar refractivity (Wildman–Crippen MR) is 73.1 cm³/mol. The molecule has 1 aliphatic heterocycles. The van der Waals surface area contributed by atoms with Crippen LogP contribution in [0.5, 0.6) is 5.75 Å². The molecule has 1 aromatic rings. The van der Waals surface area contributed by atoms with Crippen LogP contribution in [-0.2, 0) is 4.79 Å². The lowest BCUT2D eigenvalue weighted by molar-refractivity contribution is -0.138. The van der Waals surface area contributed by atoms with E-state index in [1.165, 1.54) is 0 Å². The molecule has 1 amide bonds. The third-order valence-electron chi connectivity index (χ3n) is 3.51. The van der Waals surface area contributed by atoms with Crippen molar-refractivity contribution in [3.63, 3.8) is 0 Å². The van der Waals surface area contributed by atoms with Gasteiger partial charge in [-0.1, -0.05) is 12.1 Å². The molecule has 0 radical (unpaired) electrons. The van der Waals surface area contributed by atoms with Crippen molar-refractivity contribution in [3.05, 3.63) is 29.8 Å². The first kappa shape index (κ1) is 13.9. The molecule has 4 nitrogen and oxygen atoms in total. The maximum absolute atomic E-state index is 12.1. The molecule has 1 N–H and O–H groups in total. The second-order valence-corrected chi connectivity index (χ2v) is 5.02. The lowest BCUT2D eigenvalue weighted by atomic mass is 10.0. The van der Waals surface area contributed by atoms with Gasteiger partial charge in [-0.3, -0.25) is 4.79 Å². The maximum Gasteiger partial charge on any atom is 0.260 e. The quantitative estimate of drug-likeness (QED) is 0.900. The number of rotatable bonds is 4. The van der Waals surface area contributed by atoms with Crippen LogP contribution in [0.4, 0.5) is 0 Å². The van der Waals surface area contributed by atoms with Crippen LogP contribution >= 0.6 is 0 Å². The zero-order valence-electron chi connectivity index (χ0n) is 11.3. The van der Waals surface area contributed by atoms with Crippen LogP contribution in [0.1, 0.15) is 24.8 Å². The number of aliphatic hydroxyl groups is 1. The van der Waals surface area contributed by atoms with Crippen LogP contribution < -0.4 is 4.74 Å². The summed E-state index contributed by atoms with van der Waals surface area (Å²) in [6.45, 7) is 2.79. The van der Waals surface area contributed by atoms with Crippen LogP contribution in [0.15, 0.2) is 24.3 Å². The van der Waals surface area contributed by atoms with Gasteiger partial charge in [0.15, 0.2) is 6.61 Å². The molecule has 1 atom stereocenters. The van der Waals surface area contributed by atoms with Crippen LogP contribution in [0.3, 0.4) is 0 Å². The SMILES string of the molecule is Cc1cccc(OCC(=O)N2CCCCC2CO)c1. The molecule has 1 fully saturated rings. The number of benzene rings is 1. The van der Waals surface area contributed by atoms with Crippen molar-refractivity contribution in [1.82, 2.24) is 4.90 Å². The van der Waals surface area contributed by atoms with E-state index in [1.54, 1.807) is 4.90 Å². The maximum atomic E-state index is 12.1. The minimum atomic E-state index is -0.0414. The number of carbonyl (C=O) groups is 1. The smallest absolute Gasteiger partial charge is 0.260 e. The monoisotopic (exact) mass is 263 g/mol. The Morgan fingerprint density at radius 3 is 3.05 bits per heavy atom. The summed E-state index contributed by atoms with van der Waals surface area (Å²) in [4.78, 5) is 13.9. The van der Waals surface area contributed by atoms with Crippen molar-refractivity contribution in [1.29, 1.82) is 0 Å². The van der Waals surface area contributed by atoms with E-state index in [0.29, 0.717) is 5.75 Å². The van der Waals surface area contributed by atoms with Gasteiger partial charge in [-0.25, -0.2) is 0 Å². The molecule has 1 heterocycles. The van der Waals surface area contributed by atoms with E-state index in [1.807, 2.05) is 31.2 Å². The molecular weight excluding hydrogens is 242 g/mol. The summed E-state index contributed by atoms with van der Waals surface area (Å²) in [5.41, 5.74) is 1.11. The van der Waals surface area contributed by atoms with Gasteiger partial charge in [-0.15, -0.1) is 0 Å². The van der Waals surface area contributed by atoms with Crippen molar-refractivity contribution in [2.24, 2.45) is 0 Å². The first-order valence-corrected chi connectivity index (χ1v) is 6.80. The highest BCUT2D eigenvalue weighted by molar-refractivity contribution is 5.78. The number of ether oxygens (including phenoxy) is 1. The number of carbonyl (C=O) groups excluding carboxylic acids is 1.